The highest BCUT2D eigenvalue weighted by molar-refractivity contribution is 7.40. The molecule has 12 nitrogen and oxygen atoms in total. The minimum absolute atomic E-state index is 0.432. The summed E-state index contributed by atoms with van der Waals surface area (Å²) in [5, 5.41) is 0. The van der Waals surface area contributed by atoms with Gasteiger partial charge in [-0.15, -0.1) is 0 Å². The van der Waals surface area contributed by atoms with E-state index in [1.165, 1.54) is 0 Å². The second-order valence-corrected chi connectivity index (χ2v) is 18.1. The molecule has 0 rings (SSSR count). The van der Waals surface area contributed by atoms with E-state index in [4.69, 9.17) is 47.4 Å². The first-order chi connectivity index (χ1) is 24.5. The normalized spacial score (nSPS) is 13.9. The monoisotopic (exact) mass is 812 g/mol. The highest BCUT2D eigenvalue weighted by Gasteiger charge is 2.30. The first-order valence-corrected chi connectivity index (χ1v) is 23.3. The van der Waals surface area contributed by atoms with Crippen molar-refractivity contribution < 1.29 is 47.4 Å². The molecule has 0 spiro atoms. The number of methoxy groups -OCH3 is 9. The van der Waals surface area contributed by atoms with Gasteiger partial charge in [-0.1, -0.05) is 62.0 Å². The number of ether oxygens (including phenoxy) is 10. The zero-order chi connectivity index (χ0) is 39.1. The number of hydrogen-bond donors (Lipinski definition) is 0. The molecule has 0 aromatic heterocycles. The lowest BCUT2D eigenvalue weighted by atomic mass is 10.4. The second kappa shape index (κ2) is 33.4. The number of nitrogens with zero attached hydrogens (tertiary/aromatic N) is 2. The van der Waals surface area contributed by atoms with Crippen molar-refractivity contribution in [2.75, 3.05) is 148 Å². The predicted molar refractivity (Wildman–Crippen MR) is 222 cm³/mol. The Morgan fingerprint density at radius 2 is 0.627 bits per heavy atom. The van der Waals surface area contributed by atoms with E-state index in [1.807, 2.05) is 6.92 Å². The lowest BCUT2D eigenvalue weighted by Gasteiger charge is -2.32. The molecule has 0 saturated heterocycles. The van der Waals surface area contributed by atoms with Crippen LogP contribution in [0.3, 0.4) is 0 Å². The van der Waals surface area contributed by atoms with E-state index >= 15 is 0 Å². The van der Waals surface area contributed by atoms with Crippen LogP contribution in [0.5, 0.6) is 0 Å². The lowest BCUT2D eigenvalue weighted by molar-refractivity contribution is -0.138. The van der Waals surface area contributed by atoms with E-state index in [2.05, 4.69) is 37.5 Å². The average Bonchev–Trinajstić information content (AvgIpc) is 3.18. The molecule has 0 aliphatic rings. The van der Waals surface area contributed by atoms with Gasteiger partial charge in [-0.3, -0.25) is 0 Å². The van der Waals surface area contributed by atoms with Crippen LogP contribution in [0.15, 0.2) is 0 Å². The summed E-state index contributed by atoms with van der Waals surface area (Å²) in [7, 11) is 18.0. The van der Waals surface area contributed by atoms with Gasteiger partial charge < -0.3 is 57.2 Å². The summed E-state index contributed by atoms with van der Waals surface area (Å²) in [4.78, 5) is 4.91. The molecule has 51 heavy (non-hydrogen) atoms. The molecule has 16 heteroatoms. The van der Waals surface area contributed by atoms with Crippen molar-refractivity contribution in [1.29, 1.82) is 0 Å². The van der Waals surface area contributed by atoms with Gasteiger partial charge in [0, 0.05) is 136 Å². The largest absolute Gasteiger partial charge is 0.383 e. The van der Waals surface area contributed by atoms with Gasteiger partial charge in [-0.2, -0.15) is 0 Å². The van der Waals surface area contributed by atoms with Crippen molar-refractivity contribution in [3.05, 3.63) is 0 Å². The van der Waals surface area contributed by atoms with Crippen LogP contribution in [0, 0.1) is 0 Å². The molecule has 4 atom stereocenters. The van der Waals surface area contributed by atoms with Crippen molar-refractivity contribution in [3.63, 3.8) is 0 Å². The summed E-state index contributed by atoms with van der Waals surface area (Å²) in [6.45, 7) is 18.7. The molecular weight excluding hydrogens is 732 g/mol. The minimum Gasteiger partial charge on any atom is -0.383 e. The van der Waals surface area contributed by atoms with Crippen LogP contribution in [0.25, 0.3) is 0 Å². The van der Waals surface area contributed by atoms with Gasteiger partial charge in [0.25, 0.3) is 0 Å². The van der Waals surface area contributed by atoms with Crippen molar-refractivity contribution in [3.8, 4) is 0 Å². The fraction of sp³-hybridized carbons (Fsp3) is 1.00. The summed E-state index contributed by atoms with van der Waals surface area (Å²) in [5.74, 6) is 0. The molecule has 310 valence electrons. The number of rotatable bonds is 35. The maximum atomic E-state index is 5.60. The summed E-state index contributed by atoms with van der Waals surface area (Å²) >= 11 is 0. The molecule has 0 fully saturated rings. The third-order valence-corrected chi connectivity index (χ3v) is 16.3. The van der Waals surface area contributed by atoms with E-state index in [-0.39, 0.29) is 0 Å². The van der Waals surface area contributed by atoms with E-state index in [0.717, 1.165) is 109 Å². The number of hydrogen-bond acceptors (Lipinski definition) is 12. The fourth-order valence-electron chi connectivity index (χ4n) is 5.41. The Morgan fingerprint density at radius 3 is 0.824 bits per heavy atom. The molecule has 0 saturated carbocycles. The molecule has 0 bridgehead atoms. The standard InChI is InChI=1S/C18H41NO5P2.C17H39NO5P2/c1-8-17(20-4,21-5)25-15-12-19(11-14-24-10-3)13-16-26-18(9-2,22-6)23-7;1-8-16(20-4,21-5)24-14-11-18(10-13-19-3)12-15-25-17(9-2,22-6)23-7/h25-26H,8-16H2,1-7H3;24-25H,8-15H2,1-7H3. The van der Waals surface area contributed by atoms with E-state index in [9.17, 15) is 0 Å². The van der Waals surface area contributed by atoms with Crippen LogP contribution in [0.2, 0.25) is 0 Å². The van der Waals surface area contributed by atoms with Crippen molar-refractivity contribution in [1.82, 2.24) is 9.80 Å². The van der Waals surface area contributed by atoms with Crippen LogP contribution in [-0.4, -0.2) is 180 Å². The molecular formula is C35H80N2O10P4. The third kappa shape index (κ3) is 22.5. The zero-order valence-corrected chi connectivity index (χ0v) is 39.0. The van der Waals surface area contributed by atoms with E-state index in [0.29, 0.717) is 34.3 Å². The third-order valence-electron chi connectivity index (χ3n) is 9.16. The van der Waals surface area contributed by atoms with Crippen LogP contribution in [0.1, 0.15) is 60.3 Å². The highest BCUT2D eigenvalue weighted by atomic mass is 31.1. The quantitative estimate of drug-likeness (QED) is 0.0403. The molecule has 0 radical (unpaired) electrons. The van der Waals surface area contributed by atoms with Crippen LogP contribution < -0.4 is 0 Å². The van der Waals surface area contributed by atoms with Gasteiger partial charge in [-0.25, -0.2) is 0 Å². The van der Waals surface area contributed by atoms with Crippen molar-refractivity contribution in [2.45, 2.75) is 82.4 Å². The first kappa shape index (κ1) is 54.3. The van der Waals surface area contributed by atoms with Crippen LogP contribution in [-0.2, 0) is 47.4 Å². The molecule has 0 aliphatic carbocycles. The molecule has 0 heterocycles. The summed E-state index contributed by atoms with van der Waals surface area (Å²) in [5.41, 5.74) is -1.73. The molecule has 0 aromatic carbocycles. The molecule has 4 unspecified atom stereocenters. The van der Waals surface area contributed by atoms with E-state index in [1.54, 1.807) is 64.0 Å². The summed E-state index contributed by atoms with van der Waals surface area (Å²) in [6, 6.07) is 0. The zero-order valence-electron chi connectivity index (χ0n) is 35.0. The summed E-state index contributed by atoms with van der Waals surface area (Å²) < 4.78 is 55.5. The minimum atomic E-state index is -0.434. The van der Waals surface area contributed by atoms with Crippen LogP contribution >= 0.6 is 34.3 Å². The molecule has 0 N–H and O–H groups in total. The smallest absolute Gasteiger partial charge is 0.182 e. The SMILES string of the molecule is CCC(OC)(OC)PCCN(CCOC)CCPC(CC)(OC)OC.CCOCCN(CCPC(CC)(OC)OC)CCPC(CC)(OC)OC. The lowest BCUT2D eigenvalue weighted by Crippen LogP contribution is -2.35. The van der Waals surface area contributed by atoms with Crippen molar-refractivity contribution in [2.24, 2.45) is 0 Å². The van der Waals surface area contributed by atoms with Gasteiger partial charge in [-0.05, 0) is 31.6 Å². The maximum Gasteiger partial charge on any atom is 0.182 e. The molecule has 0 aliphatic heterocycles. The topological polar surface area (TPSA) is 98.8 Å². The molecule has 0 aromatic rings. The Bertz CT molecular complexity index is 681. The van der Waals surface area contributed by atoms with Gasteiger partial charge in [0.2, 0.25) is 0 Å². The Hall–Kier alpha value is 1.24. The van der Waals surface area contributed by atoms with Gasteiger partial charge in [0.1, 0.15) is 0 Å². The highest BCUT2D eigenvalue weighted by Crippen LogP contribution is 2.39. The van der Waals surface area contributed by atoms with Gasteiger partial charge in [0.05, 0.1) is 13.2 Å². The predicted octanol–water partition coefficient (Wildman–Crippen LogP) is 6.40. The maximum absolute atomic E-state index is 5.60. The fourth-order valence-corrected chi connectivity index (χ4v) is 10.8. The molecule has 0 amide bonds. The summed E-state index contributed by atoms with van der Waals surface area (Å²) in [6.07, 6.45) is 7.65. The second-order valence-electron chi connectivity index (χ2n) is 11.6. The Balaban J connectivity index is 0. The van der Waals surface area contributed by atoms with Gasteiger partial charge in [0.15, 0.2) is 22.1 Å². The Kier molecular flexibility index (Phi) is 35.6. The Morgan fingerprint density at radius 1 is 0.373 bits per heavy atom. The first-order valence-electron chi connectivity index (χ1n) is 18.4. The van der Waals surface area contributed by atoms with Crippen LogP contribution in [0.4, 0.5) is 0 Å². The van der Waals surface area contributed by atoms with E-state index < -0.39 is 22.1 Å². The average molecular weight is 813 g/mol. The Labute approximate surface area is 320 Å². The van der Waals surface area contributed by atoms with Crippen molar-refractivity contribution >= 4 is 34.3 Å². The van der Waals surface area contributed by atoms with Gasteiger partial charge >= 0.3 is 0 Å².